The highest BCUT2D eigenvalue weighted by atomic mass is 16.5. The Morgan fingerprint density at radius 1 is 1.59 bits per heavy atom. The number of carbonyl (C=O) groups is 1. The summed E-state index contributed by atoms with van der Waals surface area (Å²) in [7, 11) is 0. The van der Waals surface area contributed by atoms with Crippen LogP contribution >= 0.6 is 0 Å². The van der Waals surface area contributed by atoms with Crippen LogP contribution in [-0.4, -0.2) is 30.8 Å². The topological polar surface area (TPSA) is 58.6 Å². The van der Waals surface area contributed by atoms with Crippen molar-refractivity contribution in [3.05, 3.63) is 29.3 Å². The van der Waals surface area contributed by atoms with Gasteiger partial charge < -0.3 is 15.2 Å². The van der Waals surface area contributed by atoms with Gasteiger partial charge in [0.15, 0.2) is 0 Å². The Labute approximate surface area is 101 Å². The predicted molar refractivity (Wildman–Crippen MR) is 65.6 cm³/mol. The van der Waals surface area contributed by atoms with Crippen molar-refractivity contribution in [3.63, 3.8) is 0 Å². The van der Waals surface area contributed by atoms with E-state index < -0.39 is 5.97 Å². The van der Waals surface area contributed by atoms with Gasteiger partial charge >= 0.3 is 5.97 Å². The zero-order valence-electron chi connectivity index (χ0n) is 9.90. The van der Waals surface area contributed by atoms with Crippen LogP contribution in [0.2, 0.25) is 0 Å². The summed E-state index contributed by atoms with van der Waals surface area (Å²) in [5.41, 5.74) is 1.98. The van der Waals surface area contributed by atoms with Crippen LogP contribution in [0.1, 0.15) is 22.3 Å². The molecule has 0 aliphatic carbocycles. The van der Waals surface area contributed by atoms with E-state index in [2.05, 4.69) is 5.32 Å². The number of carboxylic acid groups (broad SMARTS) is 1. The molecule has 4 heteroatoms. The Balaban J connectivity index is 2.06. The molecule has 0 saturated carbocycles. The summed E-state index contributed by atoms with van der Waals surface area (Å²) in [4.78, 5) is 11.1. The maximum Gasteiger partial charge on any atom is 0.337 e. The molecule has 1 aliphatic rings. The molecule has 4 nitrogen and oxygen atoms in total. The Bertz CT molecular complexity index is 411. The maximum absolute atomic E-state index is 11.1. The summed E-state index contributed by atoms with van der Waals surface area (Å²) in [6.07, 6.45) is 1.04. The Morgan fingerprint density at radius 2 is 2.41 bits per heavy atom. The van der Waals surface area contributed by atoms with Gasteiger partial charge in [0, 0.05) is 24.8 Å². The van der Waals surface area contributed by atoms with E-state index in [1.165, 1.54) is 0 Å². The molecule has 0 bridgehead atoms. The van der Waals surface area contributed by atoms with Gasteiger partial charge in [-0.05, 0) is 25.5 Å². The fraction of sp³-hybridized carbons (Fsp3) is 0.462. The zero-order chi connectivity index (χ0) is 12.3. The molecule has 2 N–H and O–H groups in total. The lowest BCUT2D eigenvalue weighted by Gasteiger charge is -2.13. The van der Waals surface area contributed by atoms with Gasteiger partial charge in [0.2, 0.25) is 0 Å². The molecule has 1 heterocycles. The average molecular weight is 235 g/mol. The number of aromatic carboxylic acids is 1. The number of rotatable bonds is 4. The molecule has 2 rings (SSSR count). The molecule has 1 fully saturated rings. The molecule has 0 aromatic heterocycles. The van der Waals surface area contributed by atoms with Crippen LogP contribution in [0, 0.1) is 12.8 Å². The average Bonchev–Trinajstić information content (AvgIpc) is 2.80. The third-order valence-corrected chi connectivity index (χ3v) is 3.01. The van der Waals surface area contributed by atoms with Crippen LogP contribution in [0.4, 0.5) is 5.69 Å². The van der Waals surface area contributed by atoms with Gasteiger partial charge in [0.25, 0.3) is 0 Å². The number of anilines is 1. The highest BCUT2D eigenvalue weighted by Gasteiger charge is 2.16. The third-order valence-electron chi connectivity index (χ3n) is 3.01. The first-order chi connectivity index (χ1) is 8.16. The number of hydrogen-bond donors (Lipinski definition) is 2. The van der Waals surface area contributed by atoms with Crippen molar-refractivity contribution in [2.75, 3.05) is 25.1 Å². The number of carboxylic acids is 1. The van der Waals surface area contributed by atoms with Crippen LogP contribution in [-0.2, 0) is 4.74 Å². The number of aryl methyl sites for hydroxylation is 1. The quantitative estimate of drug-likeness (QED) is 0.839. The molecule has 1 saturated heterocycles. The number of ether oxygens (including phenoxy) is 1. The first-order valence-electron chi connectivity index (χ1n) is 5.82. The van der Waals surface area contributed by atoms with E-state index in [0.717, 1.165) is 31.7 Å². The molecule has 1 atom stereocenters. The lowest BCUT2D eigenvalue weighted by molar-refractivity contribution is 0.0698. The zero-order valence-corrected chi connectivity index (χ0v) is 9.90. The van der Waals surface area contributed by atoms with Crippen molar-refractivity contribution < 1.29 is 14.6 Å². The molecule has 0 amide bonds. The lowest BCUT2D eigenvalue weighted by Crippen LogP contribution is -2.16. The van der Waals surface area contributed by atoms with Gasteiger partial charge in [-0.3, -0.25) is 0 Å². The monoisotopic (exact) mass is 235 g/mol. The molecule has 1 aromatic carbocycles. The van der Waals surface area contributed by atoms with Gasteiger partial charge in [-0.15, -0.1) is 0 Å². The first-order valence-corrected chi connectivity index (χ1v) is 5.82. The van der Waals surface area contributed by atoms with Gasteiger partial charge in [-0.1, -0.05) is 11.6 Å². The van der Waals surface area contributed by atoms with Crippen molar-refractivity contribution in [2.24, 2.45) is 5.92 Å². The van der Waals surface area contributed by atoms with Crippen LogP contribution in [0.3, 0.4) is 0 Å². The second kappa shape index (κ2) is 5.19. The SMILES string of the molecule is Cc1ccc(NCC2CCOC2)c(C(=O)O)c1. The summed E-state index contributed by atoms with van der Waals surface area (Å²) >= 11 is 0. The van der Waals surface area contributed by atoms with E-state index >= 15 is 0 Å². The van der Waals surface area contributed by atoms with Gasteiger partial charge in [0.1, 0.15) is 0 Å². The van der Waals surface area contributed by atoms with Gasteiger partial charge in [-0.2, -0.15) is 0 Å². The minimum absolute atomic E-state index is 0.337. The summed E-state index contributed by atoms with van der Waals surface area (Å²) in [6.45, 7) is 4.23. The van der Waals surface area contributed by atoms with Crippen molar-refractivity contribution in [1.82, 2.24) is 0 Å². The van der Waals surface area contributed by atoms with Crippen molar-refractivity contribution in [2.45, 2.75) is 13.3 Å². The van der Waals surface area contributed by atoms with E-state index in [4.69, 9.17) is 9.84 Å². The Morgan fingerprint density at radius 3 is 3.06 bits per heavy atom. The molecule has 0 radical (unpaired) electrons. The molecule has 1 aliphatic heterocycles. The fourth-order valence-corrected chi connectivity index (χ4v) is 1.99. The molecule has 92 valence electrons. The number of hydrogen-bond acceptors (Lipinski definition) is 3. The van der Waals surface area contributed by atoms with Crippen LogP contribution in [0.15, 0.2) is 18.2 Å². The fourth-order valence-electron chi connectivity index (χ4n) is 1.99. The minimum atomic E-state index is -0.890. The van der Waals surface area contributed by atoms with E-state index in [1.807, 2.05) is 19.1 Å². The van der Waals surface area contributed by atoms with Crippen LogP contribution in [0.25, 0.3) is 0 Å². The normalized spacial score (nSPS) is 19.2. The highest BCUT2D eigenvalue weighted by molar-refractivity contribution is 5.94. The van der Waals surface area contributed by atoms with Crippen molar-refractivity contribution in [1.29, 1.82) is 0 Å². The summed E-state index contributed by atoms with van der Waals surface area (Å²) < 4.78 is 5.29. The standard InChI is InChI=1S/C13H17NO3/c1-9-2-3-12(11(6-9)13(15)16)14-7-10-4-5-17-8-10/h2-3,6,10,14H,4-5,7-8H2,1H3,(H,15,16). The van der Waals surface area contributed by atoms with E-state index in [1.54, 1.807) is 6.07 Å². The molecule has 0 spiro atoms. The third kappa shape index (κ3) is 2.97. The highest BCUT2D eigenvalue weighted by Crippen LogP contribution is 2.19. The summed E-state index contributed by atoms with van der Waals surface area (Å²) in [6, 6.07) is 5.43. The van der Waals surface area contributed by atoms with E-state index in [-0.39, 0.29) is 0 Å². The molecule has 1 unspecified atom stereocenters. The van der Waals surface area contributed by atoms with Gasteiger partial charge in [-0.25, -0.2) is 4.79 Å². The molecule has 1 aromatic rings. The Hall–Kier alpha value is -1.55. The number of benzene rings is 1. The van der Waals surface area contributed by atoms with Crippen LogP contribution < -0.4 is 5.32 Å². The number of nitrogens with one attached hydrogen (secondary N) is 1. The lowest BCUT2D eigenvalue weighted by atomic mass is 10.1. The summed E-state index contributed by atoms with van der Waals surface area (Å²) in [5, 5.41) is 12.3. The van der Waals surface area contributed by atoms with Crippen LogP contribution in [0.5, 0.6) is 0 Å². The predicted octanol–water partition coefficient (Wildman–Crippen LogP) is 2.14. The molecule has 17 heavy (non-hydrogen) atoms. The largest absolute Gasteiger partial charge is 0.478 e. The van der Waals surface area contributed by atoms with E-state index in [0.29, 0.717) is 17.2 Å². The van der Waals surface area contributed by atoms with Gasteiger partial charge in [0.05, 0.1) is 12.2 Å². The minimum Gasteiger partial charge on any atom is -0.478 e. The van der Waals surface area contributed by atoms with E-state index in [9.17, 15) is 4.79 Å². The Kier molecular flexibility index (Phi) is 3.64. The second-order valence-corrected chi connectivity index (χ2v) is 4.46. The summed E-state index contributed by atoms with van der Waals surface area (Å²) in [5.74, 6) is -0.406. The second-order valence-electron chi connectivity index (χ2n) is 4.46. The molecular formula is C13H17NO3. The van der Waals surface area contributed by atoms with Crippen molar-refractivity contribution in [3.8, 4) is 0 Å². The molecular weight excluding hydrogens is 218 g/mol. The first kappa shape index (κ1) is 11.9. The maximum atomic E-state index is 11.1. The smallest absolute Gasteiger partial charge is 0.337 e. The van der Waals surface area contributed by atoms with Crippen molar-refractivity contribution >= 4 is 11.7 Å².